The zero-order valence-electron chi connectivity index (χ0n) is 15.2. The highest BCUT2D eigenvalue weighted by molar-refractivity contribution is 7.71. The van der Waals surface area contributed by atoms with E-state index < -0.39 is 0 Å². The minimum atomic E-state index is 0.281. The van der Waals surface area contributed by atoms with Gasteiger partial charge in [-0.3, -0.25) is 0 Å². The van der Waals surface area contributed by atoms with Crippen molar-refractivity contribution in [2.75, 3.05) is 0 Å². The molecule has 0 bridgehead atoms. The first-order valence-corrected chi connectivity index (χ1v) is 9.20. The van der Waals surface area contributed by atoms with Crippen LogP contribution < -0.4 is 0 Å². The fourth-order valence-corrected chi connectivity index (χ4v) is 3.69. The monoisotopic (exact) mass is 377 g/mol. The lowest BCUT2D eigenvalue weighted by Crippen LogP contribution is -1.99. The van der Waals surface area contributed by atoms with Gasteiger partial charge in [-0.2, -0.15) is 10.5 Å². The van der Waals surface area contributed by atoms with Crippen molar-refractivity contribution in [3.8, 4) is 34.7 Å². The van der Waals surface area contributed by atoms with Crippen LogP contribution in [-0.4, -0.2) is 4.98 Å². The highest BCUT2D eigenvalue weighted by Crippen LogP contribution is 2.32. The van der Waals surface area contributed by atoms with E-state index in [0.29, 0.717) is 22.5 Å². The summed E-state index contributed by atoms with van der Waals surface area (Å²) in [4.78, 5) is 3.34. The van der Waals surface area contributed by atoms with Gasteiger partial charge in [-0.15, -0.1) is 0 Å². The molecule has 0 saturated heterocycles. The predicted octanol–water partition coefficient (Wildman–Crippen LogP) is 6.28. The Morgan fingerprint density at radius 3 is 2.04 bits per heavy atom. The fraction of sp³-hybridized carbons (Fsp3) is 0.0417. The zero-order chi connectivity index (χ0) is 19.7. The van der Waals surface area contributed by atoms with Gasteiger partial charge in [0, 0.05) is 0 Å². The summed E-state index contributed by atoms with van der Waals surface area (Å²) >= 11 is 5.53. The van der Waals surface area contributed by atoms with E-state index in [1.807, 2.05) is 73.7 Å². The van der Waals surface area contributed by atoms with Crippen LogP contribution in [-0.2, 0) is 0 Å². The fourth-order valence-electron chi connectivity index (χ4n) is 3.39. The van der Waals surface area contributed by atoms with Gasteiger partial charge in [-0.25, -0.2) is 0 Å². The number of rotatable bonds is 2. The van der Waals surface area contributed by atoms with Crippen LogP contribution in [0.5, 0.6) is 0 Å². The second-order valence-electron chi connectivity index (χ2n) is 6.61. The number of hydrogen-bond acceptors (Lipinski definition) is 3. The number of nitrogens with one attached hydrogen (secondary N) is 1. The minimum absolute atomic E-state index is 0.281. The summed E-state index contributed by atoms with van der Waals surface area (Å²) in [5.74, 6) is 0. The Balaban J connectivity index is 2.05. The van der Waals surface area contributed by atoms with Crippen LogP contribution in [0.3, 0.4) is 0 Å². The number of pyridine rings is 1. The van der Waals surface area contributed by atoms with Gasteiger partial charge in [-0.05, 0) is 41.0 Å². The van der Waals surface area contributed by atoms with Crippen molar-refractivity contribution in [2.45, 2.75) is 6.92 Å². The molecule has 4 aromatic rings. The van der Waals surface area contributed by atoms with Crippen molar-refractivity contribution < 1.29 is 0 Å². The normalized spacial score (nSPS) is 10.4. The van der Waals surface area contributed by atoms with Crippen LogP contribution in [0.25, 0.3) is 33.3 Å². The third-order valence-corrected chi connectivity index (χ3v) is 5.18. The predicted molar refractivity (Wildman–Crippen MR) is 114 cm³/mol. The van der Waals surface area contributed by atoms with Crippen molar-refractivity contribution in [1.82, 2.24) is 4.98 Å². The third-order valence-electron chi connectivity index (χ3n) is 4.77. The van der Waals surface area contributed by atoms with E-state index in [9.17, 15) is 10.5 Å². The largest absolute Gasteiger partial charge is 0.352 e. The Bertz CT molecular complexity index is 1370. The number of H-pyrrole nitrogens is 1. The molecule has 0 aliphatic carbocycles. The molecule has 0 unspecified atom stereocenters. The molecule has 0 radical (unpaired) electrons. The van der Waals surface area contributed by atoms with E-state index in [4.69, 9.17) is 12.2 Å². The average Bonchev–Trinajstić information content (AvgIpc) is 2.72. The van der Waals surface area contributed by atoms with Crippen molar-refractivity contribution in [3.05, 3.63) is 87.9 Å². The number of aryl methyl sites for hydroxylation is 1. The molecular weight excluding hydrogens is 362 g/mol. The molecule has 3 nitrogen and oxygen atoms in total. The molecular formula is C24H15N3S. The molecule has 0 saturated carbocycles. The average molecular weight is 377 g/mol. The van der Waals surface area contributed by atoms with Gasteiger partial charge in [0.05, 0.1) is 27.0 Å². The van der Waals surface area contributed by atoms with Gasteiger partial charge in [0.15, 0.2) is 0 Å². The molecule has 28 heavy (non-hydrogen) atoms. The molecule has 0 atom stereocenters. The maximum atomic E-state index is 9.75. The molecule has 0 fully saturated rings. The first kappa shape index (κ1) is 17.7. The first-order valence-electron chi connectivity index (χ1n) is 8.79. The Labute approximate surface area is 168 Å². The molecule has 1 aromatic heterocycles. The Morgan fingerprint density at radius 1 is 0.750 bits per heavy atom. The molecule has 132 valence electrons. The lowest BCUT2D eigenvalue weighted by Gasteiger charge is -2.13. The summed E-state index contributed by atoms with van der Waals surface area (Å²) in [6, 6.07) is 26.3. The lowest BCUT2D eigenvalue weighted by molar-refractivity contribution is 1.27. The van der Waals surface area contributed by atoms with E-state index in [0.717, 1.165) is 27.5 Å². The van der Waals surface area contributed by atoms with Crippen molar-refractivity contribution in [2.24, 2.45) is 0 Å². The summed E-state index contributed by atoms with van der Waals surface area (Å²) in [6.45, 7) is 2.00. The van der Waals surface area contributed by atoms with Crippen LogP contribution in [0.1, 0.15) is 16.7 Å². The van der Waals surface area contributed by atoms with Crippen LogP contribution in [0.4, 0.5) is 0 Å². The van der Waals surface area contributed by atoms with Crippen molar-refractivity contribution in [3.63, 3.8) is 0 Å². The topological polar surface area (TPSA) is 63.4 Å². The van der Waals surface area contributed by atoms with Crippen LogP contribution in [0.2, 0.25) is 0 Å². The Morgan fingerprint density at radius 2 is 1.39 bits per heavy atom. The van der Waals surface area contributed by atoms with Gasteiger partial charge < -0.3 is 4.98 Å². The van der Waals surface area contributed by atoms with Crippen LogP contribution in [0, 0.1) is 34.1 Å². The SMILES string of the molecule is Cc1cccc(-c2[nH]c(-c3ccc4ccccc4c3)c(C#N)c(=S)c2C#N)c1. The van der Waals surface area contributed by atoms with Gasteiger partial charge in [0.25, 0.3) is 0 Å². The molecule has 0 spiro atoms. The molecule has 4 heteroatoms. The summed E-state index contributed by atoms with van der Waals surface area (Å²) in [5.41, 5.74) is 4.72. The second-order valence-corrected chi connectivity index (χ2v) is 7.02. The van der Waals surface area contributed by atoms with Crippen molar-refractivity contribution in [1.29, 1.82) is 10.5 Å². The quantitative estimate of drug-likeness (QED) is 0.418. The van der Waals surface area contributed by atoms with E-state index in [2.05, 4.69) is 17.1 Å². The van der Waals surface area contributed by atoms with Gasteiger partial charge in [-0.1, -0.05) is 72.4 Å². The zero-order valence-corrected chi connectivity index (χ0v) is 16.0. The second kappa shape index (κ2) is 7.12. The van der Waals surface area contributed by atoms with Gasteiger partial charge >= 0.3 is 0 Å². The highest BCUT2D eigenvalue weighted by atomic mass is 32.1. The maximum Gasteiger partial charge on any atom is 0.103 e. The molecule has 0 aliphatic heterocycles. The molecule has 0 amide bonds. The van der Waals surface area contributed by atoms with Crippen LogP contribution in [0.15, 0.2) is 66.7 Å². The van der Waals surface area contributed by atoms with Gasteiger partial charge in [0.1, 0.15) is 12.1 Å². The number of nitriles is 2. The Hall–Kier alpha value is -3.73. The maximum absolute atomic E-state index is 9.75. The molecule has 0 aliphatic rings. The smallest absolute Gasteiger partial charge is 0.103 e. The van der Waals surface area contributed by atoms with E-state index in [-0.39, 0.29) is 4.51 Å². The molecule has 1 N–H and O–H groups in total. The number of aromatic amines is 1. The molecule has 1 heterocycles. The highest BCUT2D eigenvalue weighted by Gasteiger charge is 2.17. The van der Waals surface area contributed by atoms with Crippen LogP contribution >= 0.6 is 12.2 Å². The summed E-state index contributed by atoms with van der Waals surface area (Å²) in [5, 5.41) is 21.7. The third kappa shape index (κ3) is 2.97. The number of fused-ring (bicyclic) bond motifs is 1. The first-order chi connectivity index (χ1) is 13.6. The van der Waals surface area contributed by atoms with Crippen molar-refractivity contribution >= 4 is 23.0 Å². The van der Waals surface area contributed by atoms with E-state index in [1.54, 1.807) is 0 Å². The Kier molecular flexibility index (Phi) is 4.49. The van der Waals surface area contributed by atoms with E-state index in [1.165, 1.54) is 0 Å². The summed E-state index contributed by atoms with van der Waals surface area (Å²) in [7, 11) is 0. The number of benzene rings is 3. The number of nitrogens with zero attached hydrogens (tertiary/aromatic N) is 2. The molecule has 3 aromatic carbocycles. The standard InChI is InChI=1S/C24H15N3S/c1-15-5-4-8-18(11-15)22-20(13-25)24(28)21(14-26)23(27-22)19-10-9-16-6-2-3-7-17(16)12-19/h2-12H,1H3,(H,27,28). The van der Waals surface area contributed by atoms with E-state index >= 15 is 0 Å². The number of hydrogen-bond donors (Lipinski definition) is 1. The lowest BCUT2D eigenvalue weighted by atomic mass is 9.97. The summed E-state index contributed by atoms with van der Waals surface area (Å²) in [6.07, 6.45) is 0. The molecule has 4 rings (SSSR count). The number of aromatic nitrogens is 1. The summed E-state index contributed by atoms with van der Waals surface area (Å²) < 4.78 is 0.281. The van der Waals surface area contributed by atoms with Gasteiger partial charge in [0.2, 0.25) is 0 Å². The minimum Gasteiger partial charge on any atom is -0.352 e.